The van der Waals surface area contributed by atoms with Crippen LogP contribution in [0.4, 0.5) is 0 Å². The number of hydrogen-bond donors (Lipinski definition) is 7. The molecule has 204 valence electrons. The highest BCUT2D eigenvalue weighted by atomic mass is 32.2. The summed E-state index contributed by atoms with van der Waals surface area (Å²) in [5.74, 6) is -2.27. The van der Waals surface area contributed by atoms with Crippen molar-refractivity contribution in [3.63, 3.8) is 0 Å². The molecule has 3 amide bonds. The van der Waals surface area contributed by atoms with Gasteiger partial charge in [0.05, 0.1) is 6.04 Å². The average Bonchev–Trinajstić information content (AvgIpc) is 3.27. The van der Waals surface area contributed by atoms with Gasteiger partial charge in [-0.05, 0) is 62.8 Å². The molecular weight excluding hydrogens is 496 g/mol. The Morgan fingerprint density at radius 3 is 2.27 bits per heavy atom. The quantitative estimate of drug-likeness (QED) is 0.151. The van der Waals surface area contributed by atoms with Gasteiger partial charge in [-0.15, -0.1) is 0 Å². The first kappa shape index (κ1) is 30.1. The van der Waals surface area contributed by atoms with Gasteiger partial charge in [0.2, 0.25) is 17.7 Å². The van der Waals surface area contributed by atoms with E-state index in [4.69, 9.17) is 11.5 Å². The van der Waals surface area contributed by atoms with Crippen LogP contribution in [0.3, 0.4) is 0 Å². The van der Waals surface area contributed by atoms with Crippen molar-refractivity contribution >= 4 is 46.4 Å². The predicted molar refractivity (Wildman–Crippen MR) is 145 cm³/mol. The van der Waals surface area contributed by atoms with E-state index in [0.29, 0.717) is 31.6 Å². The number of unbranched alkanes of at least 4 members (excludes halogenated alkanes) is 1. The van der Waals surface area contributed by atoms with Crippen LogP contribution >= 0.6 is 11.8 Å². The van der Waals surface area contributed by atoms with Crippen LogP contribution in [0, 0.1) is 0 Å². The van der Waals surface area contributed by atoms with Gasteiger partial charge in [0.1, 0.15) is 18.1 Å². The van der Waals surface area contributed by atoms with Gasteiger partial charge in [-0.1, -0.05) is 18.2 Å². The zero-order valence-electron chi connectivity index (χ0n) is 21.3. The van der Waals surface area contributed by atoms with Gasteiger partial charge in [0, 0.05) is 23.5 Å². The summed E-state index contributed by atoms with van der Waals surface area (Å²) < 4.78 is 0. The molecule has 2 rings (SSSR count). The zero-order valence-corrected chi connectivity index (χ0v) is 22.1. The molecular formula is C25H38N6O5S. The van der Waals surface area contributed by atoms with Crippen LogP contribution in [0.25, 0.3) is 10.9 Å². The lowest BCUT2D eigenvalue weighted by molar-refractivity contribution is -0.142. The van der Waals surface area contributed by atoms with E-state index in [1.807, 2.05) is 30.5 Å². The topological polar surface area (TPSA) is 192 Å². The molecule has 0 fully saturated rings. The summed E-state index contributed by atoms with van der Waals surface area (Å²) in [5, 5.41) is 18.4. The number of rotatable bonds is 16. The Labute approximate surface area is 220 Å². The number of fused-ring (bicyclic) bond motifs is 1. The number of carbonyl (C=O) groups excluding carboxylic acids is 3. The molecule has 1 heterocycles. The SMILES string of the molecule is CSCCC(NC(=O)C(Cc1c[nH]c2ccccc12)NC(=O)C(CCCCN)NC(=O)C(C)N)C(=O)O. The van der Waals surface area contributed by atoms with Crippen LogP contribution < -0.4 is 27.4 Å². The van der Waals surface area contributed by atoms with Crippen molar-refractivity contribution in [3.8, 4) is 0 Å². The van der Waals surface area contributed by atoms with Crippen molar-refractivity contribution in [1.82, 2.24) is 20.9 Å². The number of benzene rings is 1. The maximum atomic E-state index is 13.3. The number of carboxylic acids is 1. The number of aromatic amines is 1. The van der Waals surface area contributed by atoms with Crippen LogP contribution in [0.1, 0.15) is 38.2 Å². The molecule has 0 aliphatic heterocycles. The number of thioether (sulfide) groups is 1. The first-order valence-electron chi connectivity index (χ1n) is 12.3. The number of para-hydroxylation sites is 1. The lowest BCUT2D eigenvalue weighted by atomic mass is 10.0. The summed E-state index contributed by atoms with van der Waals surface area (Å²) in [4.78, 5) is 53.7. The summed E-state index contributed by atoms with van der Waals surface area (Å²) in [6.07, 6.45) is 5.53. The van der Waals surface area contributed by atoms with Crippen LogP contribution in [0.15, 0.2) is 30.5 Å². The van der Waals surface area contributed by atoms with Gasteiger partial charge in [-0.3, -0.25) is 14.4 Å². The highest BCUT2D eigenvalue weighted by molar-refractivity contribution is 7.98. The van der Waals surface area contributed by atoms with Gasteiger partial charge in [0.15, 0.2) is 0 Å². The van der Waals surface area contributed by atoms with E-state index in [0.717, 1.165) is 16.5 Å². The monoisotopic (exact) mass is 534 g/mol. The van der Waals surface area contributed by atoms with E-state index in [-0.39, 0.29) is 12.8 Å². The van der Waals surface area contributed by atoms with Gasteiger partial charge >= 0.3 is 5.97 Å². The summed E-state index contributed by atoms with van der Waals surface area (Å²) in [5.41, 5.74) is 12.9. The summed E-state index contributed by atoms with van der Waals surface area (Å²) >= 11 is 1.47. The molecule has 0 radical (unpaired) electrons. The van der Waals surface area contributed by atoms with Crippen LogP contribution in [0.2, 0.25) is 0 Å². The van der Waals surface area contributed by atoms with E-state index in [1.165, 1.54) is 18.7 Å². The number of aromatic nitrogens is 1. The third-order valence-electron chi connectivity index (χ3n) is 5.95. The molecule has 2 aromatic rings. The fourth-order valence-corrected chi connectivity index (χ4v) is 4.30. The van der Waals surface area contributed by atoms with Crippen molar-refractivity contribution in [2.24, 2.45) is 11.5 Å². The zero-order chi connectivity index (χ0) is 27.4. The molecule has 4 atom stereocenters. The van der Waals surface area contributed by atoms with Crippen LogP contribution in [0.5, 0.6) is 0 Å². The summed E-state index contributed by atoms with van der Waals surface area (Å²) in [6.45, 7) is 1.95. The van der Waals surface area contributed by atoms with Crippen molar-refractivity contribution in [1.29, 1.82) is 0 Å². The molecule has 37 heavy (non-hydrogen) atoms. The number of hydrogen-bond acceptors (Lipinski definition) is 7. The Bertz CT molecular complexity index is 1060. The summed E-state index contributed by atoms with van der Waals surface area (Å²) in [7, 11) is 0. The van der Waals surface area contributed by atoms with Crippen molar-refractivity contribution in [3.05, 3.63) is 36.0 Å². The molecule has 11 nitrogen and oxygen atoms in total. The fourth-order valence-electron chi connectivity index (χ4n) is 3.83. The maximum absolute atomic E-state index is 13.3. The maximum Gasteiger partial charge on any atom is 0.326 e. The van der Waals surface area contributed by atoms with E-state index < -0.39 is 47.9 Å². The smallest absolute Gasteiger partial charge is 0.326 e. The molecule has 1 aromatic heterocycles. The Morgan fingerprint density at radius 1 is 0.973 bits per heavy atom. The second-order valence-electron chi connectivity index (χ2n) is 8.94. The largest absolute Gasteiger partial charge is 0.480 e. The fraction of sp³-hybridized carbons (Fsp3) is 0.520. The molecule has 12 heteroatoms. The second kappa shape index (κ2) is 15.2. The van der Waals surface area contributed by atoms with E-state index >= 15 is 0 Å². The van der Waals surface area contributed by atoms with Crippen molar-refractivity contribution in [2.45, 2.75) is 63.2 Å². The molecule has 0 aliphatic rings. The minimum atomic E-state index is -1.15. The number of amides is 3. The van der Waals surface area contributed by atoms with E-state index in [2.05, 4.69) is 20.9 Å². The summed E-state index contributed by atoms with van der Waals surface area (Å²) in [6, 6.07) is 3.63. The molecule has 1 aromatic carbocycles. The predicted octanol–water partition coefficient (Wildman–Crippen LogP) is 0.479. The van der Waals surface area contributed by atoms with Gasteiger partial charge in [0.25, 0.3) is 0 Å². The molecule has 0 spiro atoms. The van der Waals surface area contributed by atoms with E-state index in [9.17, 15) is 24.3 Å². The van der Waals surface area contributed by atoms with Gasteiger partial charge in [-0.25, -0.2) is 4.79 Å². The molecule has 0 bridgehead atoms. The van der Waals surface area contributed by atoms with Crippen molar-refractivity contribution < 1.29 is 24.3 Å². The number of nitrogens with two attached hydrogens (primary N) is 2. The Hall–Kier alpha value is -3.09. The molecule has 0 saturated heterocycles. The Kier molecular flexibility index (Phi) is 12.4. The molecule has 0 saturated carbocycles. The second-order valence-corrected chi connectivity index (χ2v) is 9.93. The van der Waals surface area contributed by atoms with Crippen LogP contribution in [-0.4, -0.2) is 76.5 Å². The number of carbonyl (C=O) groups is 4. The minimum Gasteiger partial charge on any atom is -0.480 e. The average molecular weight is 535 g/mol. The van der Waals surface area contributed by atoms with Crippen molar-refractivity contribution in [2.75, 3.05) is 18.6 Å². The highest BCUT2D eigenvalue weighted by Crippen LogP contribution is 2.19. The first-order chi connectivity index (χ1) is 17.7. The number of H-pyrrole nitrogens is 1. The molecule has 4 unspecified atom stereocenters. The normalized spacial score (nSPS) is 14.4. The third-order valence-corrected chi connectivity index (χ3v) is 6.59. The van der Waals surface area contributed by atoms with Crippen LogP contribution in [-0.2, 0) is 25.6 Å². The number of nitrogens with one attached hydrogen (secondary N) is 4. The highest BCUT2D eigenvalue weighted by Gasteiger charge is 2.30. The number of aliphatic carboxylic acids is 1. The van der Waals surface area contributed by atoms with Gasteiger partial charge in [-0.2, -0.15) is 11.8 Å². The Balaban J connectivity index is 2.29. The molecule has 9 N–H and O–H groups in total. The van der Waals surface area contributed by atoms with Gasteiger partial charge < -0.3 is 37.5 Å². The lowest BCUT2D eigenvalue weighted by Gasteiger charge is -2.25. The third kappa shape index (κ3) is 9.38. The standard InChI is InChI=1S/C25H38N6O5S/c1-15(27)22(32)29-19(9-5-6-11-26)23(33)31-21(24(34)30-20(25(35)36)10-12-37-2)13-16-14-28-18-8-4-3-7-17(16)18/h3-4,7-8,14-15,19-21,28H,5-6,9-13,26-27H2,1-2H3,(H,29,32)(H,30,34)(H,31,33)(H,35,36). The molecule has 0 aliphatic carbocycles. The minimum absolute atomic E-state index is 0.118. The Morgan fingerprint density at radius 2 is 1.62 bits per heavy atom. The lowest BCUT2D eigenvalue weighted by Crippen LogP contribution is -2.57. The number of carboxylic acid groups (broad SMARTS) is 1. The first-order valence-corrected chi connectivity index (χ1v) is 13.7. The van der Waals surface area contributed by atoms with E-state index in [1.54, 1.807) is 6.20 Å².